The number of hydrogen-bond donors (Lipinski definition) is 0. The first-order valence-corrected chi connectivity index (χ1v) is 9.27. The Balaban J connectivity index is 1.94. The molecule has 2 saturated heterocycles. The molecular formula is C19H39N3. The van der Waals surface area contributed by atoms with Gasteiger partial charge in [-0.15, -0.1) is 0 Å². The molecule has 130 valence electrons. The molecule has 0 N–H and O–H groups in total. The fourth-order valence-electron chi connectivity index (χ4n) is 4.89. The predicted molar refractivity (Wildman–Crippen MR) is 96.4 cm³/mol. The van der Waals surface area contributed by atoms with Crippen LogP contribution in [-0.2, 0) is 0 Å². The Morgan fingerprint density at radius 3 is 1.55 bits per heavy atom. The van der Waals surface area contributed by atoms with E-state index >= 15 is 0 Å². The average Bonchev–Trinajstić information content (AvgIpc) is 2.35. The lowest BCUT2D eigenvalue weighted by molar-refractivity contribution is -0.0486. The van der Waals surface area contributed by atoms with Gasteiger partial charge in [0.05, 0.1) is 0 Å². The van der Waals surface area contributed by atoms with E-state index in [-0.39, 0.29) is 5.54 Å². The van der Waals surface area contributed by atoms with E-state index in [1.807, 2.05) is 0 Å². The molecule has 0 spiro atoms. The molecule has 0 amide bonds. The molecule has 0 saturated carbocycles. The second kappa shape index (κ2) is 6.41. The highest BCUT2D eigenvalue weighted by Crippen LogP contribution is 2.29. The second-order valence-electron chi connectivity index (χ2n) is 9.62. The van der Waals surface area contributed by atoms with Gasteiger partial charge >= 0.3 is 0 Å². The smallest absolute Gasteiger partial charge is 0.0203 e. The predicted octanol–water partition coefficient (Wildman–Crippen LogP) is 3.44. The van der Waals surface area contributed by atoms with E-state index in [1.54, 1.807) is 0 Å². The minimum atomic E-state index is 0.278. The standard InChI is InChI=1S/C19H39N3/c1-15-13-20(14-16(2)22(15)19(6,7)8)17-9-11-21(12-10-17)18(3,4)5/h15-17H,9-14H2,1-8H3. The molecule has 0 aromatic heterocycles. The lowest BCUT2D eigenvalue weighted by Gasteiger charge is -2.53. The topological polar surface area (TPSA) is 9.72 Å². The highest BCUT2D eigenvalue weighted by atomic mass is 15.3. The number of piperazine rings is 1. The largest absolute Gasteiger partial charge is 0.298 e. The molecule has 2 heterocycles. The molecule has 2 atom stereocenters. The third-order valence-corrected chi connectivity index (χ3v) is 5.65. The van der Waals surface area contributed by atoms with Gasteiger partial charge in [-0.3, -0.25) is 14.7 Å². The molecule has 22 heavy (non-hydrogen) atoms. The van der Waals surface area contributed by atoms with E-state index in [2.05, 4.69) is 70.1 Å². The monoisotopic (exact) mass is 309 g/mol. The highest BCUT2D eigenvalue weighted by Gasteiger charge is 2.39. The van der Waals surface area contributed by atoms with E-state index in [4.69, 9.17) is 0 Å². The van der Waals surface area contributed by atoms with Crippen LogP contribution in [0, 0.1) is 0 Å². The van der Waals surface area contributed by atoms with Crippen LogP contribution in [0.25, 0.3) is 0 Å². The molecule has 2 aliphatic rings. The lowest BCUT2D eigenvalue weighted by atomic mass is 9.93. The Kier molecular flexibility index (Phi) is 5.31. The maximum Gasteiger partial charge on any atom is 0.0203 e. The first-order chi connectivity index (χ1) is 10.00. The molecule has 3 nitrogen and oxygen atoms in total. The Morgan fingerprint density at radius 1 is 0.727 bits per heavy atom. The third-order valence-electron chi connectivity index (χ3n) is 5.65. The summed E-state index contributed by atoms with van der Waals surface area (Å²) in [6, 6.07) is 2.11. The Morgan fingerprint density at radius 2 is 1.18 bits per heavy atom. The number of hydrogen-bond acceptors (Lipinski definition) is 3. The quantitative estimate of drug-likeness (QED) is 0.734. The van der Waals surface area contributed by atoms with Crippen LogP contribution in [0.15, 0.2) is 0 Å². The highest BCUT2D eigenvalue weighted by molar-refractivity contribution is 4.95. The first kappa shape index (κ1) is 18.2. The molecule has 0 aliphatic carbocycles. The van der Waals surface area contributed by atoms with Crippen molar-refractivity contribution in [3.8, 4) is 0 Å². The third kappa shape index (κ3) is 4.04. The van der Waals surface area contributed by atoms with E-state index in [1.165, 1.54) is 39.0 Å². The van der Waals surface area contributed by atoms with E-state index in [9.17, 15) is 0 Å². The summed E-state index contributed by atoms with van der Waals surface area (Å²) >= 11 is 0. The number of rotatable bonds is 1. The fraction of sp³-hybridized carbons (Fsp3) is 1.00. The number of piperidine rings is 1. The van der Waals surface area contributed by atoms with Crippen LogP contribution in [0.5, 0.6) is 0 Å². The van der Waals surface area contributed by atoms with Crippen LogP contribution >= 0.6 is 0 Å². The second-order valence-corrected chi connectivity index (χ2v) is 9.62. The lowest BCUT2D eigenvalue weighted by Crippen LogP contribution is -2.64. The van der Waals surface area contributed by atoms with Gasteiger partial charge in [0, 0.05) is 55.4 Å². The minimum Gasteiger partial charge on any atom is -0.298 e. The van der Waals surface area contributed by atoms with Crippen molar-refractivity contribution < 1.29 is 0 Å². The molecule has 0 aromatic carbocycles. The van der Waals surface area contributed by atoms with Gasteiger partial charge in [-0.05, 0) is 68.2 Å². The summed E-state index contributed by atoms with van der Waals surface area (Å²) in [5, 5.41) is 0. The van der Waals surface area contributed by atoms with Crippen LogP contribution in [0.3, 0.4) is 0 Å². The summed E-state index contributed by atoms with van der Waals surface area (Å²) in [7, 11) is 0. The zero-order chi connectivity index (χ0) is 16.7. The van der Waals surface area contributed by atoms with Crippen molar-refractivity contribution in [3.63, 3.8) is 0 Å². The van der Waals surface area contributed by atoms with Gasteiger partial charge in [0.2, 0.25) is 0 Å². The zero-order valence-corrected chi connectivity index (χ0v) is 16.3. The Labute approximate surface area is 139 Å². The van der Waals surface area contributed by atoms with Gasteiger partial charge in [0.15, 0.2) is 0 Å². The Bertz CT molecular complexity index is 346. The zero-order valence-electron chi connectivity index (χ0n) is 16.3. The number of likely N-dealkylation sites (tertiary alicyclic amines) is 1. The van der Waals surface area contributed by atoms with Gasteiger partial charge in [0.25, 0.3) is 0 Å². The van der Waals surface area contributed by atoms with Crippen LogP contribution in [-0.4, -0.2) is 70.1 Å². The van der Waals surface area contributed by atoms with Gasteiger partial charge < -0.3 is 0 Å². The molecule has 2 fully saturated rings. The summed E-state index contributed by atoms with van der Waals surface area (Å²) in [6.45, 7) is 23.9. The van der Waals surface area contributed by atoms with Crippen molar-refractivity contribution in [2.75, 3.05) is 26.2 Å². The SMILES string of the molecule is CC1CN(C2CCN(C(C)(C)C)CC2)CC(C)N1C(C)(C)C. The average molecular weight is 310 g/mol. The van der Waals surface area contributed by atoms with Crippen LogP contribution in [0.4, 0.5) is 0 Å². The van der Waals surface area contributed by atoms with Crippen molar-refractivity contribution in [2.45, 2.75) is 97.4 Å². The van der Waals surface area contributed by atoms with Crippen molar-refractivity contribution in [2.24, 2.45) is 0 Å². The minimum absolute atomic E-state index is 0.278. The van der Waals surface area contributed by atoms with E-state index in [0.717, 1.165) is 6.04 Å². The van der Waals surface area contributed by atoms with Gasteiger partial charge in [-0.1, -0.05) is 0 Å². The van der Waals surface area contributed by atoms with Crippen LogP contribution < -0.4 is 0 Å². The normalized spacial score (nSPS) is 31.6. The summed E-state index contributed by atoms with van der Waals surface area (Å²) in [4.78, 5) is 8.16. The maximum atomic E-state index is 2.79. The van der Waals surface area contributed by atoms with Gasteiger partial charge in [-0.25, -0.2) is 0 Å². The maximum absolute atomic E-state index is 2.79. The van der Waals surface area contributed by atoms with Crippen molar-refractivity contribution in [3.05, 3.63) is 0 Å². The molecule has 0 bridgehead atoms. The molecule has 2 aliphatic heterocycles. The van der Waals surface area contributed by atoms with Gasteiger partial charge in [0.1, 0.15) is 0 Å². The van der Waals surface area contributed by atoms with E-state index < -0.39 is 0 Å². The fourth-order valence-corrected chi connectivity index (χ4v) is 4.89. The molecular weight excluding hydrogens is 270 g/mol. The van der Waals surface area contributed by atoms with Crippen molar-refractivity contribution in [1.29, 1.82) is 0 Å². The molecule has 2 unspecified atom stereocenters. The van der Waals surface area contributed by atoms with Gasteiger partial charge in [-0.2, -0.15) is 0 Å². The summed E-state index contributed by atoms with van der Waals surface area (Å²) in [5.74, 6) is 0. The molecule has 3 heteroatoms. The van der Waals surface area contributed by atoms with Crippen molar-refractivity contribution in [1.82, 2.24) is 14.7 Å². The summed E-state index contributed by atoms with van der Waals surface area (Å²) in [5.41, 5.74) is 0.608. The summed E-state index contributed by atoms with van der Waals surface area (Å²) in [6.07, 6.45) is 2.68. The number of nitrogens with zero attached hydrogens (tertiary/aromatic N) is 3. The molecule has 2 rings (SSSR count). The summed E-state index contributed by atoms with van der Waals surface area (Å²) < 4.78 is 0. The first-order valence-electron chi connectivity index (χ1n) is 9.27. The molecule has 0 radical (unpaired) electrons. The van der Waals surface area contributed by atoms with Crippen LogP contribution in [0.2, 0.25) is 0 Å². The van der Waals surface area contributed by atoms with Crippen LogP contribution in [0.1, 0.15) is 68.2 Å². The van der Waals surface area contributed by atoms with E-state index in [0.29, 0.717) is 17.6 Å². The van der Waals surface area contributed by atoms with Crippen molar-refractivity contribution >= 4 is 0 Å². The molecule has 0 aromatic rings. The Hall–Kier alpha value is -0.120.